The van der Waals surface area contributed by atoms with Crippen LogP contribution in [0.4, 0.5) is 5.69 Å². The Kier molecular flexibility index (Phi) is 3.13. The van der Waals surface area contributed by atoms with Crippen molar-refractivity contribution in [2.45, 2.75) is 12.5 Å². The molecule has 19 heavy (non-hydrogen) atoms. The summed E-state index contributed by atoms with van der Waals surface area (Å²) in [6.45, 7) is 0.934. The van der Waals surface area contributed by atoms with Crippen molar-refractivity contribution in [1.82, 2.24) is 5.32 Å². The Morgan fingerprint density at radius 2 is 2.00 bits per heavy atom. The lowest BCUT2D eigenvalue weighted by atomic mass is 9.91. The van der Waals surface area contributed by atoms with Crippen LogP contribution in [0.5, 0.6) is 5.75 Å². The third-order valence-corrected chi connectivity index (χ3v) is 3.53. The zero-order valence-electron chi connectivity index (χ0n) is 11.0. The Morgan fingerprint density at radius 1 is 1.16 bits per heavy atom. The molecule has 1 atom stereocenters. The second-order valence-electron chi connectivity index (χ2n) is 4.84. The quantitative estimate of drug-likeness (QED) is 0.828. The van der Waals surface area contributed by atoms with Crippen LogP contribution in [0.15, 0.2) is 42.5 Å². The van der Waals surface area contributed by atoms with Gasteiger partial charge in [0.2, 0.25) is 0 Å². The van der Waals surface area contributed by atoms with Gasteiger partial charge in [-0.05, 0) is 37.4 Å². The molecule has 0 saturated carbocycles. The number of fused-ring (bicyclic) bond motifs is 3. The van der Waals surface area contributed by atoms with Crippen LogP contribution >= 0.6 is 0 Å². The topological polar surface area (TPSA) is 47.3 Å². The number of ether oxygens (including phenoxy) is 1. The lowest BCUT2D eigenvalue weighted by molar-refractivity contribution is 0.191. The molecule has 1 unspecified atom stereocenters. The molecule has 2 aromatic carbocycles. The van der Waals surface area contributed by atoms with Gasteiger partial charge in [-0.15, -0.1) is 0 Å². The first-order chi connectivity index (χ1) is 9.29. The first kappa shape index (κ1) is 12.1. The first-order valence-corrected chi connectivity index (χ1v) is 6.59. The van der Waals surface area contributed by atoms with E-state index in [1.165, 1.54) is 11.1 Å². The van der Waals surface area contributed by atoms with Crippen molar-refractivity contribution in [3.05, 3.63) is 48.0 Å². The monoisotopic (exact) mass is 254 g/mol. The van der Waals surface area contributed by atoms with Crippen LogP contribution in [-0.2, 0) is 0 Å². The number of nitrogens with one attached hydrogen (secondary N) is 1. The SMILES string of the molecule is CNCCC1Oc2ccc(N)cc2-c2ccccc21. The van der Waals surface area contributed by atoms with E-state index >= 15 is 0 Å². The number of benzene rings is 2. The van der Waals surface area contributed by atoms with Crippen LogP contribution in [0, 0.1) is 0 Å². The molecular formula is C16H18N2O. The minimum absolute atomic E-state index is 0.111. The van der Waals surface area contributed by atoms with E-state index in [9.17, 15) is 0 Å². The largest absolute Gasteiger partial charge is 0.485 e. The van der Waals surface area contributed by atoms with E-state index in [1.807, 2.05) is 25.2 Å². The van der Waals surface area contributed by atoms with E-state index in [0.29, 0.717) is 0 Å². The minimum Gasteiger partial charge on any atom is -0.485 e. The van der Waals surface area contributed by atoms with Gasteiger partial charge < -0.3 is 15.8 Å². The molecule has 0 amide bonds. The van der Waals surface area contributed by atoms with Crippen LogP contribution < -0.4 is 15.8 Å². The lowest BCUT2D eigenvalue weighted by Crippen LogP contribution is -2.19. The molecule has 3 heteroatoms. The second-order valence-corrected chi connectivity index (χ2v) is 4.84. The smallest absolute Gasteiger partial charge is 0.128 e. The summed E-state index contributed by atoms with van der Waals surface area (Å²) in [7, 11) is 1.96. The van der Waals surface area contributed by atoms with E-state index in [-0.39, 0.29) is 6.10 Å². The average molecular weight is 254 g/mol. The van der Waals surface area contributed by atoms with E-state index in [1.54, 1.807) is 0 Å². The highest BCUT2D eigenvalue weighted by molar-refractivity contribution is 5.78. The molecule has 0 bridgehead atoms. The summed E-state index contributed by atoms with van der Waals surface area (Å²) in [5, 5.41) is 3.18. The van der Waals surface area contributed by atoms with Gasteiger partial charge >= 0.3 is 0 Å². The minimum atomic E-state index is 0.111. The van der Waals surface area contributed by atoms with Gasteiger partial charge in [0.1, 0.15) is 11.9 Å². The Morgan fingerprint density at radius 3 is 2.84 bits per heavy atom. The van der Waals surface area contributed by atoms with Crippen molar-refractivity contribution < 1.29 is 4.74 Å². The summed E-state index contributed by atoms with van der Waals surface area (Å²) >= 11 is 0. The standard InChI is InChI=1S/C16H18N2O/c1-18-9-8-16-13-5-3-2-4-12(13)14-10-11(17)6-7-15(14)19-16/h2-7,10,16,18H,8-9,17H2,1H3. The fraction of sp³-hybridized carbons (Fsp3) is 0.250. The molecule has 0 aliphatic carbocycles. The van der Waals surface area contributed by atoms with Crippen LogP contribution in [0.2, 0.25) is 0 Å². The Labute approximate surface area is 113 Å². The van der Waals surface area contributed by atoms with Gasteiger partial charge in [-0.2, -0.15) is 0 Å². The van der Waals surface area contributed by atoms with Gasteiger partial charge in [0.15, 0.2) is 0 Å². The van der Waals surface area contributed by atoms with Crippen molar-refractivity contribution >= 4 is 5.69 Å². The van der Waals surface area contributed by atoms with Crippen LogP contribution in [0.3, 0.4) is 0 Å². The highest BCUT2D eigenvalue weighted by atomic mass is 16.5. The number of nitrogens with two attached hydrogens (primary N) is 1. The van der Waals surface area contributed by atoms with Gasteiger partial charge in [0.05, 0.1) is 0 Å². The molecule has 1 aliphatic heterocycles. The molecule has 3 rings (SSSR count). The van der Waals surface area contributed by atoms with E-state index in [0.717, 1.165) is 30.0 Å². The Bertz CT molecular complexity index is 595. The molecule has 0 spiro atoms. The molecule has 0 fully saturated rings. The summed E-state index contributed by atoms with van der Waals surface area (Å²) in [6.07, 6.45) is 1.07. The van der Waals surface area contributed by atoms with Crippen molar-refractivity contribution in [2.75, 3.05) is 19.3 Å². The summed E-state index contributed by atoms with van der Waals surface area (Å²) in [5.74, 6) is 0.925. The molecule has 1 aliphatic rings. The summed E-state index contributed by atoms with van der Waals surface area (Å²) < 4.78 is 6.12. The zero-order chi connectivity index (χ0) is 13.2. The summed E-state index contributed by atoms with van der Waals surface area (Å²) in [4.78, 5) is 0. The summed E-state index contributed by atoms with van der Waals surface area (Å²) in [6, 6.07) is 14.2. The molecular weight excluding hydrogens is 236 g/mol. The molecule has 0 radical (unpaired) electrons. The maximum atomic E-state index is 6.12. The molecule has 0 saturated heterocycles. The summed E-state index contributed by atoms with van der Waals surface area (Å²) in [5.41, 5.74) is 10.2. The van der Waals surface area contributed by atoms with E-state index < -0.39 is 0 Å². The Hall–Kier alpha value is -2.00. The van der Waals surface area contributed by atoms with Crippen molar-refractivity contribution in [3.63, 3.8) is 0 Å². The maximum absolute atomic E-state index is 6.12. The third-order valence-electron chi connectivity index (χ3n) is 3.53. The second kappa shape index (κ2) is 4.94. The molecule has 3 nitrogen and oxygen atoms in total. The highest BCUT2D eigenvalue weighted by Crippen LogP contribution is 2.43. The maximum Gasteiger partial charge on any atom is 0.128 e. The van der Waals surface area contributed by atoms with E-state index in [2.05, 4.69) is 29.6 Å². The van der Waals surface area contributed by atoms with Crippen molar-refractivity contribution in [2.24, 2.45) is 0 Å². The fourth-order valence-corrected chi connectivity index (χ4v) is 2.59. The molecule has 2 aromatic rings. The zero-order valence-corrected chi connectivity index (χ0v) is 11.0. The van der Waals surface area contributed by atoms with Crippen molar-refractivity contribution in [3.8, 4) is 16.9 Å². The van der Waals surface area contributed by atoms with Gasteiger partial charge in [-0.1, -0.05) is 24.3 Å². The van der Waals surface area contributed by atoms with Crippen LogP contribution in [0.25, 0.3) is 11.1 Å². The molecule has 1 heterocycles. The van der Waals surface area contributed by atoms with Gasteiger partial charge in [0, 0.05) is 23.2 Å². The number of hydrogen-bond acceptors (Lipinski definition) is 3. The fourth-order valence-electron chi connectivity index (χ4n) is 2.59. The van der Waals surface area contributed by atoms with Gasteiger partial charge in [0.25, 0.3) is 0 Å². The average Bonchev–Trinajstić information content (AvgIpc) is 2.45. The molecule has 0 aromatic heterocycles. The number of anilines is 1. The predicted molar refractivity (Wildman–Crippen MR) is 78.2 cm³/mol. The van der Waals surface area contributed by atoms with Crippen LogP contribution in [-0.4, -0.2) is 13.6 Å². The van der Waals surface area contributed by atoms with Crippen molar-refractivity contribution in [1.29, 1.82) is 0 Å². The van der Waals surface area contributed by atoms with Gasteiger partial charge in [-0.25, -0.2) is 0 Å². The number of hydrogen-bond donors (Lipinski definition) is 2. The number of nitrogen functional groups attached to an aromatic ring is 1. The lowest BCUT2D eigenvalue weighted by Gasteiger charge is -2.29. The molecule has 98 valence electrons. The highest BCUT2D eigenvalue weighted by Gasteiger charge is 2.25. The predicted octanol–water partition coefficient (Wildman–Crippen LogP) is 2.98. The normalized spacial score (nSPS) is 16.4. The molecule has 3 N–H and O–H groups in total. The van der Waals surface area contributed by atoms with Gasteiger partial charge in [-0.3, -0.25) is 0 Å². The first-order valence-electron chi connectivity index (χ1n) is 6.59. The van der Waals surface area contributed by atoms with Crippen LogP contribution in [0.1, 0.15) is 18.1 Å². The Balaban J connectivity index is 2.07. The third kappa shape index (κ3) is 2.17. The number of rotatable bonds is 3. The van der Waals surface area contributed by atoms with E-state index in [4.69, 9.17) is 10.5 Å².